The summed E-state index contributed by atoms with van der Waals surface area (Å²) in [4.78, 5) is 12.8. The Labute approximate surface area is 121 Å². The predicted octanol–water partition coefficient (Wildman–Crippen LogP) is 2.79. The van der Waals surface area contributed by atoms with Crippen molar-refractivity contribution in [1.29, 1.82) is 0 Å². The van der Waals surface area contributed by atoms with Crippen LogP contribution >= 0.6 is 11.3 Å². The first-order chi connectivity index (χ1) is 9.81. The van der Waals surface area contributed by atoms with Gasteiger partial charge in [-0.3, -0.25) is 4.79 Å². The molecular weight excluding hydrogens is 274 g/mol. The molecule has 0 radical (unpaired) electrons. The molecule has 1 aliphatic rings. The third-order valence-electron chi connectivity index (χ3n) is 3.49. The first-order valence-electron chi connectivity index (χ1n) is 6.97. The molecule has 5 nitrogen and oxygen atoms in total. The fraction of sp³-hybridized carbons (Fsp3) is 0.500. The first-order valence-corrected chi connectivity index (χ1v) is 7.85. The van der Waals surface area contributed by atoms with Gasteiger partial charge in [0, 0.05) is 18.9 Å². The van der Waals surface area contributed by atoms with Crippen molar-refractivity contribution >= 4 is 17.2 Å². The monoisotopic (exact) mass is 291 g/mol. The van der Waals surface area contributed by atoms with Gasteiger partial charge in [-0.2, -0.15) is 0 Å². The molecule has 0 atom stereocenters. The number of aryl methyl sites for hydroxylation is 1. The van der Waals surface area contributed by atoms with Crippen LogP contribution in [0.2, 0.25) is 0 Å². The van der Waals surface area contributed by atoms with Gasteiger partial charge < -0.3 is 9.73 Å². The van der Waals surface area contributed by atoms with E-state index >= 15 is 0 Å². The first kappa shape index (κ1) is 13.3. The number of carbonyl (C=O) groups excluding carboxylic acids is 1. The van der Waals surface area contributed by atoms with Crippen LogP contribution < -0.4 is 5.32 Å². The lowest BCUT2D eigenvalue weighted by atomic mass is 10.2. The summed E-state index contributed by atoms with van der Waals surface area (Å²) in [6, 6.07) is 4.25. The SMILES string of the molecule is O=C(CCc1nnc(-c2cccs2)o1)NC1CCCC1. The van der Waals surface area contributed by atoms with Crippen molar-refractivity contribution in [2.75, 3.05) is 0 Å². The normalized spacial score (nSPS) is 15.6. The Bertz CT molecular complexity index is 559. The highest BCUT2D eigenvalue weighted by Crippen LogP contribution is 2.23. The van der Waals surface area contributed by atoms with Crippen LogP contribution in [0.15, 0.2) is 21.9 Å². The van der Waals surface area contributed by atoms with Gasteiger partial charge in [-0.05, 0) is 24.3 Å². The number of amides is 1. The van der Waals surface area contributed by atoms with Gasteiger partial charge in [-0.15, -0.1) is 21.5 Å². The van der Waals surface area contributed by atoms with Crippen LogP contribution in [-0.4, -0.2) is 22.1 Å². The van der Waals surface area contributed by atoms with Crippen LogP contribution in [0.3, 0.4) is 0 Å². The molecule has 1 N–H and O–H groups in total. The summed E-state index contributed by atoms with van der Waals surface area (Å²) < 4.78 is 5.56. The molecule has 1 fully saturated rings. The molecule has 0 saturated heterocycles. The summed E-state index contributed by atoms with van der Waals surface area (Å²) in [5.41, 5.74) is 0. The zero-order valence-electron chi connectivity index (χ0n) is 11.2. The molecule has 6 heteroatoms. The minimum absolute atomic E-state index is 0.0766. The van der Waals surface area contributed by atoms with Gasteiger partial charge in [0.25, 0.3) is 5.89 Å². The van der Waals surface area contributed by atoms with E-state index in [1.807, 2.05) is 17.5 Å². The van der Waals surface area contributed by atoms with E-state index in [-0.39, 0.29) is 5.91 Å². The number of thiophene rings is 1. The average molecular weight is 291 g/mol. The second-order valence-electron chi connectivity index (χ2n) is 5.03. The number of nitrogens with one attached hydrogen (secondary N) is 1. The van der Waals surface area contributed by atoms with E-state index in [0.29, 0.717) is 30.7 Å². The topological polar surface area (TPSA) is 68.0 Å². The van der Waals surface area contributed by atoms with Gasteiger partial charge in [0.1, 0.15) is 0 Å². The largest absolute Gasteiger partial charge is 0.420 e. The molecule has 0 unspecified atom stereocenters. The maximum absolute atomic E-state index is 11.8. The molecule has 1 amide bonds. The van der Waals surface area contributed by atoms with Crippen LogP contribution in [0.25, 0.3) is 10.8 Å². The van der Waals surface area contributed by atoms with E-state index in [2.05, 4.69) is 15.5 Å². The summed E-state index contributed by atoms with van der Waals surface area (Å²) in [7, 11) is 0. The third-order valence-corrected chi connectivity index (χ3v) is 4.34. The van der Waals surface area contributed by atoms with Gasteiger partial charge in [-0.25, -0.2) is 0 Å². The van der Waals surface area contributed by atoms with E-state index < -0.39 is 0 Å². The van der Waals surface area contributed by atoms with E-state index in [1.54, 1.807) is 11.3 Å². The Kier molecular flexibility index (Phi) is 4.11. The van der Waals surface area contributed by atoms with Crippen molar-refractivity contribution in [3.8, 4) is 10.8 Å². The molecule has 0 bridgehead atoms. The Morgan fingerprint density at radius 1 is 1.40 bits per heavy atom. The lowest BCUT2D eigenvalue weighted by Crippen LogP contribution is -2.32. The summed E-state index contributed by atoms with van der Waals surface area (Å²) in [6.45, 7) is 0. The molecule has 2 aromatic rings. The van der Waals surface area contributed by atoms with Gasteiger partial charge >= 0.3 is 0 Å². The fourth-order valence-electron chi connectivity index (χ4n) is 2.44. The Morgan fingerprint density at radius 2 is 2.25 bits per heavy atom. The number of hydrogen-bond donors (Lipinski definition) is 1. The molecule has 0 aromatic carbocycles. The highest BCUT2D eigenvalue weighted by molar-refractivity contribution is 7.13. The lowest BCUT2D eigenvalue weighted by Gasteiger charge is -2.10. The average Bonchev–Trinajstić information content (AvgIpc) is 3.18. The lowest BCUT2D eigenvalue weighted by molar-refractivity contribution is -0.121. The molecule has 0 aliphatic heterocycles. The molecular formula is C14H17N3O2S. The smallest absolute Gasteiger partial charge is 0.257 e. The summed E-state index contributed by atoms with van der Waals surface area (Å²) in [5.74, 6) is 1.13. The highest BCUT2D eigenvalue weighted by atomic mass is 32.1. The number of aromatic nitrogens is 2. The standard InChI is InChI=1S/C14H17N3O2S/c18-12(15-10-4-1-2-5-10)7-8-13-16-17-14(19-13)11-6-3-9-20-11/h3,6,9-10H,1-2,4-5,7-8H2,(H,15,18). The van der Waals surface area contributed by atoms with Crippen LogP contribution in [-0.2, 0) is 11.2 Å². The van der Waals surface area contributed by atoms with E-state index in [1.165, 1.54) is 12.8 Å². The van der Waals surface area contributed by atoms with Gasteiger partial charge in [0.05, 0.1) is 4.88 Å². The second-order valence-corrected chi connectivity index (χ2v) is 5.97. The maximum Gasteiger partial charge on any atom is 0.257 e. The molecule has 20 heavy (non-hydrogen) atoms. The summed E-state index contributed by atoms with van der Waals surface area (Å²) in [6.07, 6.45) is 5.56. The summed E-state index contributed by atoms with van der Waals surface area (Å²) in [5, 5.41) is 13.0. The zero-order chi connectivity index (χ0) is 13.8. The molecule has 2 aromatic heterocycles. The molecule has 106 valence electrons. The third kappa shape index (κ3) is 3.25. The minimum atomic E-state index is 0.0766. The molecule has 0 spiro atoms. The van der Waals surface area contributed by atoms with E-state index in [4.69, 9.17) is 4.42 Å². The van der Waals surface area contributed by atoms with Crippen molar-refractivity contribution in [3.63, 3.8) is 0 Å². The van der Waals surface area contributed by atoms with Crippen molar-refractivity contribution < 1.29 is 9.21 Å². The van der Waals surface area contributed by atoms with Crippen molar-refractivity contribution in [2.45, 2.75) is 44.6 Å². The molecule has 2 heterocycles. The minimum Gasteiger partial charge on any atom is -0.420 e. The quantitative estimate of drug-likeness (QED) is 0.919. The molecule has 1 aliphatic carbocycles. The number of hydrogen-bond acceptors (Lipinski definition) is 5. The van der Waals surface area contributed by atoms with Crippen LogP contribution in [0.4, 0.5) is 0 Å². The van der Waals surface area contributed by atoms with Crippen LogP contribution in [0, 0.1) is 0 Å². The Balaban J connectivity index is 1.49. The fourth-order valence-corrected chi connectivity index (χ4v) is 3.09. The Hall–Kier alpha value is -1.69. The summed E-state index contributed by atoms with van der Waals surface area (Å²) >= 11 is 1.56. The molecule has 3 rings (SSSR count). The number of nitrogens with zero attached hydrogens (tertiary/aromatic N) is 2. The zero-order valence-corrected chi connectivity index (χ0v) is 12.0. The van der Waals surface area contributed by atoms with Gasteiger partial charge in [0.15, 0.2) is 0 Å². The second kappa shape index (κ2) is 6.17. The van der Waals surface area contributed by atoms with Crippen molar-refractivity contribution in [2.24, 2.45) is 0 Å². The van der Waals surface area contributed by atoms with Crippen LogP contribution in [0.5, 0.6) is 0 Å². The predicted molar refractivity (Wildman–Crippen MR) is 76.3 cm³/mol. The number of carbonyl (C=O) groups is 1. The van der Waals surface area contributed by atoms with E-state index in [9.17, 15) is 4.79 Å². The number of rotatable bonds is 5. The highest BCUT2D eigenvalue weighted by Gasteiger charge is 2.17. The van der Waals surface area contributed by atoms with Crippen molar-refractivity contribution in [3.05, 3.63) is 23.4 Å². The molecule has 1 saturated carbocycles. The van der Waals surface area contributed by atoms with Gasteiger partial charge in [0.2, 0.25) is 11.8 Å². The van der Waals surface area contributed by atoms with Gasteiger partial charge in [-0.1, -0.05) is 18.9 Å². The van der Waals surface area contributed by atoms with E-state index in [0.717, 1.165) is 17.7 Å². The van der Waals surface area contributed by atoms with Crippen LogP contribution in [0.1, 0.15) is 38.0 Å². The van der Waals surface area contributed by atoms with Crippen molar-refractivity contribution in [1.82, 2.24) is 15.5 Å². The Morgan fingerprint density at radius 3 is 3.00 bits per heavy atom. The maximum atomic E-state index is 11.8.